The van der Waals surface area contributed by atoms with Gasteiger partial charge < -0.3 is 14.3 Å². The van der Waals surface area contributed by atoms with Crippen LogP contribution in [0.25, 0.3) is 0 Å². The smallest absolute Gasteiger partial charge is 0.339 e. The van der Waals surface area contributed by atoms with Gasteiger partial charge in [0.05, 0.1) is 24.3 Å². The van der Waals surface area contributed by atoms with Crippen LogP contribution in [0.2, 0.25) is 0 Å². The van der Waals surface area contributed by atoms with E-state index >= 15 is 0 Å². The highest BCUT2D eigenvalue weighted by molar-refractivity contribution is 6.03. The zero-order valence-corrected chi connectivity index (χ0v) is 13.3. The van der Waals surface area contributed by atoms with E-state index in [4.69, 9.17) is 14.3 Å². The molecule has 0 heterocycles. The van der Waals surface area contributed by atoms with Crippen molar-refractivity contribution in [1.29, 1.82) is 0 Å². The molecule has 0 radical (unpaired) electrons. The molecule has 0 unspecified atom stereocenters. The predicted octanol–water partition coefficient (Wildman–Crippen LogP) is 3.42. The number of unbranched alkanes of at least 4 members (excludes halogenated alkanes) is 2. The summed E-state index contributed by atoms with van der Waals surface area (Å²) >= 11 is 0. The summed E-state index contributed by atoms with van der Waals surface area (Å²) in [4.78, 5) is 31.9. The first kappa shape index (κ1) is 19.8. The number of benzene rings is 1. The molecule has 5 nitrogen and oxygen atoms in total. The van der Waals surface area contributed by atoms with E-state index < -0.39 is 11.9 Å². The van der Waals surface area contributed by atoms with Crippen LogP contribution in [-0.2, 0) is 14.3 Å². The van der Waals surface area contributed by atoms with Crippen LogP contribution < -0.4 is 0 Å². The molecule has 1 rings (SSSR count). The highest BCUT2D eigenvalue weighted by Crippen LogP contribution is 2.12. The normalized spacial score (nSPS) is 9.36. The quantitative estimate of drug-likeness (QED) is 0.543. The van der Waals surface area contributed by atoms with Gasteiger partial charge in [0.25, 0.3) is 0 Å². The molecule has 0 N–H and O–H groups in total. The summed E-state index contributed by atoms with van der Waals surface area (Å²) in [7, 11) is 0. The number of esters is 2. The largest absolute Gasteiger partial charge is 0.462 e. The lowest BCUT2D eigenvalue weighted by molar-refractivity contribution is -0.0980. The molecule has 0 aromatic heterocycles. The van der Waals surface area contributed by atoms with Crippen molar-refractivity contribution in [1.82, 2.24) is 0 Å². The molecular weight excluding hydrogens is 284 g/mol. The van der Waals surface area contributed by atoms with Crippen molar-refractivity contribution in [2.24, 2.45) is 0 Å². The summed E-state index contributed by atoms with van der Waals surface area (Å²) in [5.41, 5.74) is 0.537. The van der Waals surface area contributed by atoms with E-state index in [1.54, 1.807) is 24.3 Å². The molecule has 0 aliphatic rings. The average molecular weight is 308 g/mol. The minimum atomic E-state index is -0.471. The summed E-state index contributed by atoms with van der Waals surface area (Å²) < 4.78 is 10.3. The van der Waals surface area contributed by atoms with Crippen LogP contribution in [0.1, 0.15) is 60.2 Å². The Bertz CT molecular complexity index is 415. The molecule has 5 heteroatoms. The molecule has 0 bridgehead atoms. The molecule has 0 spiro atoms. The first-order chi connectivity index (χ1) is 10.7. The summed E-state index contributed by atoms with van der Waals surface area (Å²) in [6.07, 6.45) is 3.53. The maximum absolute atomic E-state index is 11.9. The lowest BCUT2D eigenvalue weighted by atomic mass is 10.1. The molecule has 122 valence electrons. The van der Waals surface area contributed by atoms with E-state index in [0.29, 0.717) is 13.2 Å². The molecule has 22 heavy (non-hydrogen) atoms. The predicted molar refractivity (Wildman–Crippen MR) is 83.9 cm³/mol. The molecule has 0 aliphatic heterocycles. The van der Waals surface area contributed by atoms with Crippen molar-refractivity contribution in [3.05, 3.63) is 35.4 Å². The first-order valence-corrected chi connectivity index (χ1v) is 7.42. The van der Waals surface area contributed by atoms with Gasteiger partial charge in [-0.1, -0.05) is 38.8 Å². The first-order valence-electron chi connectivity index (χ1n) is 7.42. The second-order valence-electron chi connectivity index (χ2n) is 4.52. The molecule has 0 fully saturated rings. The van der Waals surface area contributed by atoms with E-state index in [9.17, 15) is 9.59 Å². The van der Waals surface area contributed by atoms with Crippen molar-refractivity contribution in [3.8, 4) is 0 Å². The van der Waals surface area contributed by atoms with Gasteiger partial charge in [0.2, 0.25) is 0 Å². The van der Waals surface area contributed by atoms with Gasteiger partial charge in [-0.3, -0.25) is 0 Å². The SMILES string of the molecule is C=O.CCCCOC(=O)c1ccccc1C(=O)OCCCC. The Morgan fingerprint density at radius 1 is 0.864 bits per heavy atom. The van der Waals surface area contributed by atoms with Crippen molar-refractivity contribution in [2.45, 2.75) is 39.5 Å². The second kappa shape index (κ2) is 12.6. The number of ether oxygens (including phenoxy) is 2. The Morgan fingerprint density at radius 3 is 1.55 bits per heavy atom. The third-order valence-corrected chi connectivity index (χ3v) is 2.83. The Kier molecular flexibility index (Phi) is 11.3. The number of hydrogen-bond acceptors (Lipinski definition) is 5. The van der Waals surface area contributed by atoms with Gasteiger partial charge in [0.1, 0.15) is 6.79 Å². The van der Waals surface area contributed by atoms with Crippen molar-refractivity contribution >= 4 is 18.7 Å². The average Bonchev–Trinajstić information content (AvgIpc) is 2.57. The molecule has 0 saturated heterocycles. The van der Waals surface area contributed by atoms with Gasteiger partial charge in [-0.05, 0) is 25.0 Å². The monoisotopic (exact) mass is 308 g/mol. The number of carbonyl (C=O) groups is 3. The fourth-order valence-corrected chi connectivity index (χ4v) is 1.61. The number of carbonyl (C=O) groups excluding carboxylic acids is 3. The lowest BCUT2D eigenvalue weighted by Gasteiger charge is -2.09. The van der Waals surface area contributed by atoms with Gasteiger partial charge >= 0.3 is 11.9 Å². The zero-order valence-electron chi connectivity index (χ0n) is 13.3. The summed E-state index contributed by atoms with van der Waals surface area (Å²) in [6.45, 7) is 6.78. The van der Waals surface area contributed by atoms with Crippen molar-refractivity contribution in [2.75, 3.05) is 13.2 Å². The molecule has 0 aliphatic carbocycles. The van der Waals surface area contributed by atoms with Gasteiger partial charge in [-0.15, -0.1) is 0 Å². The Hall–Kier alpha value is -2.17. The highest BCUT2D eigenvalue weighted by Gasteiger charge is 2.18. The minimum absolute atomic E-state index is 0.269. The Morgan fingerprint density at radius 2 is 1.23 bits per heavy atom. The summed E-state index contributed by atoms with van der Waals surface area (Å²) in [5.74, 6) is -0.942. The van der Waals surface area contributed by atoms with Crippen LogP contribution in [0.5, 0.6) is 0 Å². The number of rotatable bonds is 8. The summed E-state index contributed by atoms with van der Waals surface area (Å²) in [5, 5.41) is 0. The van der Waals surface area contributed by atoms with E-state index in [2.05, 4.69) is 0 Å². The Labute approximate surface area is 131 Å². The molecule has 0 amide bonds. The van der Waals surface area contributed by atoms with Crippen LogP contribution >= 0.6 is 0 Å². The van der Waals surface area contributed by atoms with Crippen molar-refractivity contribution in [3.63, 3.8) is 0 Å². The van der Waals surface area contributed by atoms with Crippen LogP contribution in [-0.4, -0.2) is 31.9 Å². The van der Waals surface area contributed by atoms with Crippen molar-refractivity contribution < 1.29 is 23.9 Å². The standard InChI is InChI=1S/C16H22O4.CH2O/c1-3-5-11-19-15(17)13-9-7-8-10-14(13)16(18)20-12-6-4-2;1-2/h7-10H,3-6,11-12H2,1-2H3;1H2. The van der Waals surface area contributed by atoms with Crippen LogP contribution in [0.15, 0.2) is 24.3 Å². The van der Waals surface area contributed by atoms with E-state index in [-0.39, 0.29) is 11.1 Å². The van der Waals surface area contributed by atoms with Crippen LogP contribution in [0.4, 0.5) is 0 Å². The molecule has 1 aromatic carbocycles. The molecule has 1 aromatic rings. The van der Waals surface area contributed by atoms with E-state index in [1.165, 1.54) is 0 Å². The molecule has 0 saturated carbocycles. The topological polar surface area (TPSA) is 69.7 Å². The van der Waals surface area contributed by atoms with Gasteiger partial charge in [-0.2, -0.15) is 0 Å². The lowest BCUT2D eigenvalue weighted by Crippen LogP contribution is -2.14. The second-order valence-corrected chi connectivity index (χ2v) is 4.52. The van der Waals surface area contributed by atoms with E-state index in [1.807, 2.05) is 20.6 Å². The van der Waals surface area contributed by atoms with E-state index in [0.717, 1.165) is 25.7 Å². The highest BCUT2D eigenvalue weighted by atomic mass is 16.5. The summed E-state index contributed by atoms with van der Waals surface area (Å²) in [6, 6.07) is 6.59. The van der Waals surface area contributed by atoms with Gasteiger partial charge in [0.15, 0.2) is 0 Å². The fraction of sp³-hybridized carbons (Fsp3) is 0.471. The third kappa shape index (κ3) is 7.02. The minimum Gasteiger partial charge on any atom is -0.462 e. The maximum atomic E-state index is 11.9. The van der Waals surface area contributed by atoms with Gasteiger partial charge in [0, 0.05) is 0 Å². The molecule has 0 atom stereocenters. The van der Waals surface area contributed by atoms with Crippen LogP contribution in [0, 0.1) is 0 Å². The zero-order chi connectivity index (χ0) is 16.8. The molecular formula is C17H24O5. The Balaban J connectivity index is 0.00000211. The van der Waals surface area contributed by atoms with Crippen LogP contribution in [0.3, 0.4) is 0 Å². The fourth-order valence-electron chi connectivity index (χ4n) is 1.61. The maximum Gasteiger partial charge on any atom is 0.339 e. The number of hydrogen-bond donors (Lipinski definition) is 0. The third-order valence-electron chi connectivity index (χ3n) is 2.83. The van der Waals surface area contributed by atoms with Gasteiger partial charge in [-0.25, -0.2) is 9.59 Å².